The maximum Gasteiger partial charge on any atom is 0.319 e. The van der Waals surface area contributed by atoms with Gasteiger partial charge in [-0.3, -0.25) is 0 Å². The highest BCUT2D eigenvalue weighted by molar-refractivity contribution is 9.10. The van der Waals surface area contributed by atoms with Crippen LogP contribution in [0.4, 0.5) is 19.3 Å². The van der Waals surface area contributed by atoms with E-state index in [-0.39, 0.29) is 17.8 Å². The SMILES string of the molecule is CN(C)C(=O)N1CCC(Nc2c(F)cc(F)cc2Br)CC1. The minimum absolute atomic E-state index is 0.0115. The van der Waals surface area contributed by atoms with Gasteiger partial charge in [-0.2, -0.15) is 0 Å². The van der Waals surface area contributed by atoms with Gasteiger partial charge in [0.2, 0.25) is 0 Å². The van der Waals surface area contributed by atoms with Gasteiger partial charge < -0.3 is 15.1 Å². The number of anilines is 1. The average molecular weight is 362 g/mol. The van der Waals surface area contributed by atoms with Crippen LogP contribution in [0.15, 0.2) is 16.6 Å². The van der Waals surface area contributed by atoms with Crippen molar-refractivity contribution in [2.45, 2.75) is 18.9 Å². The predicted octanol–water partition coefficient (Wildman–Crippen LogP) is 3.29. The van der Waals surface area contributed by atoms with Gasteiger partial charge in [0.1, 0.15) is 11.6 Å². The van der Waals surface area contributed by atoms with Crippen LogP contribution in [0.3, 0.4) is 0 Å². The highest BCUT2D eigenvalue weighted by Crippen LogP contribution is 2.29. The zero-order valence-electron chi connectivity index (χ0n) is 12.0. The number of nitrogens with one attached hydrogen (secondary N) is 1. The molecule has 1 aromatic carbocycles. The first-order valence-corrected chi connectivity index (χ1v) is 7.55. The van der Waals surface area contributed by atoms with Crippen molar-refractivity contribution < 1.29 is 13.6 Å². The van der Waals surface area contributed by atoms with Crippen molar-refractivity contribution in [3.8, 4) is 0 Å². The number of halogens is 3. The van der Waals surface area contributed by atoms with Gasteiger partial charge in [-0.1, -0.05) is 0 Å². The molecule has 1 heterocycles. The van der Waals surface area contributed by atoms with E-state index in [0.717, 1.165) is 18.9 Å². The Labute approximate surface area is 131 Å². The van der Waals surface area contributed by atoms with Crippen LogP contribution in [0.1, 0.15) is 12.8 Å². The second kappa shape index (κ2) is 6.60. The summed E-state index contributed by atoms with van der Waals surface area (Å²) in [6.45, 7) is 1.24. The number of carbonyl (C=O) groups is 1. The van der Waals surface area contributed by atoms with Gasteiger partial charge in [0.05, 0.1) is 5.69 Å². The van der Waals surface area contributed by atoms with Crippen molar-refractivity contribution >= 4 is 27.6 Å². The number of benzene rings is 1. The minimum atomic E-state index is -0.617. The fraction of sp³-hybridized carbons (Fsp3) is 0.500. The molecule has 116 valence electrons. The van der Waals surface area contributed by atoms with Gasteiger partial charge in [-0.25, -0.2) is 13.6 Å². The summed E-state index contributed by atoms with van der Waals surface area (Å²) < 4.78 is 27.2. The third-order valence-electron chi connectivity index (χ3n) is 3.50. The Bertz CT molecular complexity index is 508. The molecule has 0 spiro atoms. The molecule has 2 amide bonds. The molecule has 4 nitrogen and oxygen atoms in total. The van der Waals surface area contributed by atoms with Crippen LogP contribution in [0.5, 0.6) is 0 Å². The number of hydrogen-bond acceptors (Lipinski definition) is 2. The lowest BCUT2D eigenvalue weighted by atomic mass is 10.0. The van der Waals surface area contributed by atoms with Gasteiger partial charge in [0.25, 0.3) is 0 Å². The fourth-order valence-electron chi connectivity index (χ4n) is 2.38. The molecule has 2 rings (SSSR count). The van der Waals surface area contributed by atoms with Crippen LogP contribution in [-0.2, 0) is 0 Å². The summed E-state index contributed by atoms with van der Waals surface area (Å²) in [4.78, 5) is 15.1. The second-order valence-corrected chi connectivity index (χ2v) is 6.18. The van der Waals surface area contributed by atoms with Crippen LogP contribution in [0, 0.1) is 11.6 Å². The molecule has 0 aliphatic carbocycles. The zero-order valence-corrected chi connectivity index (χ0v) is 13.6. The quantitative estimate of drug-likeness (QED) is 0.877. The summed E-state index contributed by atoms with van der Waals surface area (Å²) in [6, 6.07) is 2.14. The number of rotatable bonds is 2. The standard InChI is InChI=1S/C14H18BrF2N3O/c1-19(2)14(21)20-5-3-10(4-6-20)18-13-11(15)7-9(16)8-12(13)17/h7-8,10,18H,3-6H2,1-2H3. The van der Waals surface area contributed by atoms with Gasteiger partial charge >= 0.3 is 6.03 Å². The van der Waals surface area contributed by atoms with Crippen molar-refractivity contribution in [3.63, 3.8) is 0 Å². The number of amides is 2. The van der Waals surface area contributed by atoms with Crippen LogP contribution >= 0.6 is 15.9 Å². The molecule has 0 aromatic heterocycles. The van der Waals surface area contributed by atoms with Crippen molar-refractivity contribution in [3.05, 3.63) is 28.2 Å². The largest absolute Gasteiger partial charge is 0.379 e. The molecule has 1 aliphatic rings. The first-order chi connectivity index (χ1) is 9.88. The summed E-state index contributed by atoms with van der Waals surface area (Å²) in [6.07, 6.45) is 1.45. The topological polar surface area (TPSA) is 35.6 Å². The summed E-state index contributed by atoms with van der Waals surface area (Å²) in [5, 5.41) is 3.09. The fourth-order valence-corrected chi connectivity index (χ4v) is 2.90. The highest BCUT2D eigenvalue weighted by Gasteiger charge is 2.24. The molecule has 0 saturated carbocycles. The first kappa shape index (κ1) is 16.0. The number of nitrogens with zero attached hydrogens (tertiary/aromatic N) is 2. The third kappa shape index (κ3) is 3.84. The number of piperidine rings is 1. The number of carbonyl (C=O) groups excluding carboxylic acids is 1. The summed E-state index contributed by atoms with van der Waals surface area (Å²) >= 11 is 3.17. The predicted molar refractivity (Wildman–Crippen MR) is 81.4 cm³/mol. The van der Waals surface area contributed by atoms with E-state index in [0.29, 0.717) is 17.6 Å². The molecule has 1 fully saturated rings. The smallest absolute Gasteiger partial charge is 0.319 e. The highest BCUT2D eigenvalue weighted by atomic mass is 79.9. The zero-order chi connectivity index (χ0) is 15.6. The van der Waals surface area contributed by atoms with Gasteiger partial charge in [-0.05, 0) is 34.8 Å². The molecule has 1 N–H and O–H groups in total. The third-order valence-corrected chi connectivity index (χ3v) is 4.13. The monoisotopic (exact) mass is 361 g/mol. The van der Waals surface area contributed by atoms with Gasteiger partial charge in [0, 0.05) is 43.8 Å². The number of urea groups is 1. The minimum Gasteiger partial charge on any atom is -0.379 e. The van der Waals surface area contributed by atoms with Crippen molar-refractivity contribution in [2.24, 2.45) is 0 Å². The molecule has 0 radical (unpaired) electrons. The van der Waals surface area contributed by atoms with E-state index in [1.807, 2.05) is 0 Å². The molecule has 0 atom stereocenters. The second-order valence-electron chi connectivity index (χ2n) is 5.33. The molecule has 0 bridgehead atoms. The molecule has 1 aliphatic heterocycles. The van der Waals surface area contributed by atoms with E-state index in [4.69, 9.17) is 0 Å². The lowest BCUT2D eigenvalue weighted by Crippen LogP contribution is -2.46. The lowest BCUT2D eigenvalue weighted by Gasteiger charge is -2.34. The Hall–Kier alpha value is -1.37. The molecule has 1 aromatic rings. The van der Waals surface area contributed by atoms with Crippen LogP contribution in [0.2, 0.25) is 0 Å². The molecule has 7 heteroatoms. The Balaban J connectivity index is 1.97. The van der Waals surface area contributed by atoms with Crippen molar-refractivity contribution in [2.75, 3.05) is 32.5 Å². The van der Waals surface area contributed by atoms with Crippen molar-refractivity contribution in [1.82, 2.24) is 9.80 Å². The molecule has 1 saturated heterocycles. The van der Waals surface area contributed by atoms with Crippen LogP contribution in [0.25, 0.3) is 0 Å². The maximum absolute atomic E-state index is 13.8. The summed E-state index contributed by atoms with van der Waals surface area (Å²) in [5.74, 6) is -1.23. The first-order valence-electron chi connectivity index (χ1n) is 6.76. The van der Waals surface area contributed by atoms with E-state index < -0.39 is 11.6 Å². The van der Waals surface area contributed by atoms with E-state index in [1.54, 1.807) is 23.9 Å². The molecular formula is C14H18BrF2N3O. The van der Waals surface area contributed by atoms with Gasteiger partial charge in [0.15, 0.2) is 0 Å². The van der Waals surface area contributed by atoms with E-state index in [9.17, 15) is 13.6 Å². The number of likely N-dealkylation sites (tertiary alicyclic amines) is 1. The van der Waals surface area contributed by atoms with Crippen LogP contribution in [-0.4, -0.2) is 49.1 Å². The Morgan fingerprint density at radius 1 is 1.33 bits per heavy atom. The van der Waals surface area contributed by atoms with Crippen LogP contribution < -0.4 is 5.32 Å². The Morgan fingerprint density at radius 3 is 2.48 bits per heavy atom. The van der Waals surface area contributed by atoms with Crippen molar-refractivity contribution in [1.29, 1.82) is 0 Å². The number of hydrogen-bond donors (Lipinski definition) is 1. The van der Waals surface area contributed by atoms with Gasteiger partial charge in [-0.15, -0.1) is 0 Å². The Kier molecular flexibility index (Phi) is 5.03. The lowest BCUT2D eigenvalue weighted by molar-refractivity contribution is 0.158. The summed E-state index contributed by atoms with van der Waals surface area (Å²) in [7, 11) is 3.44. The van der Waals surface area contributed by atoms with E-state index in [2.05, 4.69) is 21.2 Å². The normalized spacial score (nSPS) is 16.0. The summed E-state index contributed by atoms with van der Waals surface area (Å²) in [5.41, 5.74) is 0.272. The maximum atomic E-state index is 13.8. The Morgan fingerprint density at radius 2 is 1.95 bits per heavy atom. The average Bonchev–Trinajstić information content (AvgIpc) is 2.42. The van der Waals surface area contributed by atoms with E-state index >= 15 is 0 Å². The molecule has 21 heavy (non-hydrogen) atoms. The van der Waals surface area contributed by atoms with E-state index in [1.165, 1.54) is 6.07 Å². The molecular weight excluding hydrogens is 344 g/mol. The molecule has 0 unspecified atom stereocenters.